The van der Waals surface area contributed by atoms with Gasteiger partial charge in [-0.3, -0.25) is 14.7 Å². The average Bonchev–Trinajstić information content (AvgIpc) is 3.31. The molecular weight excluding hydrogens is 424 g/mol. The van der Waals surface area contributed by atoms with Crippen molar-refractivity contribution in [1.29, 1.82) is 0 Å². The van der Waals surface area contributed by atoms with E-state index in [1.54, 1.807) is 35.2 Å². The standard InChI is InChI=1S/C20H19ClN6O2S/c1-13-17(18(28)24-11-15-4-2-3-7-22-15)30-19(25-13)27-9-8-26(20(27)29)12-14-5-6-16(21)23-10-14/h2-7,10H,8-9,11-12H2,1H3,(H,24,28). The van der Waals surface area contributed by atoms with E-state index in [1.807, 2.05) is 24.3 Å². The van der Waals surface area contributed by atoms with E-state index >= 15 is 0 Å². The van der Waals surface area contributed by atoms with Crippen molar-refractivity contribution >= 4 is 40.0 Å². The number of nitrogens with zero attached hydrogens (tertiary/aromatic N) is 5. The quantitative estimate of drug-likeness (QED) is 0.591. The van der Waals surface area contributed by atoms with Gasteiger partial charge >= 0.3 is 6.03 Å². The van der Waals surface area contributed by atoms with Gasteiger partial charge in [-0.15, -0.1) is 0 Å². The van der Waals surface area contributed by atoms with Gasteiger partial charge in [0.05, 0.1) is 17.9 Å². The number of hydrogen-bond donors (Lipinski definition) is 1. The summed E-state index contributed by atoms with van der Waals surface area (Å²) in [7, 11) is 0. The molecule has 4 rings (SSSR count). The van der Waals surface area contributed by atoms with Crippen LogP contribution in [-0.2, 0) is 13.1 Å². The number of anilines is 1. The molecule has 1 aliphatic rings. The highest BCUT2D eigenvalue weighted by Gasteiger charge is 2.32. The number of aromatic nitrogens is 3. The Balaban J connectivity index is 1.41. The number of halogens is 1. The summed E-state index contributed by atoms with van der Waals surface area (Å²) in [6.45, 7) is 3.63. The number of amides is 3. The summed E-state index contributed by atoms with van der Waals surface area (Å²) < 4.78 is 0. The van der Waals surface area contributed by atoms with Crippen LogP contribution in [0.3, 0.4) is 0 Å². The van der Waals surface area contributed by atoms with Crippen LogP contribution < -0.4 is 10.2 Å². The molecule has 30 heavy (non-hydrogen) atoms. The van der Waals surface area contributed by atoms with Crippen molar-refractivity contribution in [3.8, 4) is 0 Å². The molecule has 0 saturated carbocycles. The fourth-order valence-corrected chi connectivity index (χ4v) is 4.20. The normalized spacial score (nSPS) is 13.7. The van der Waals surface area contributed by atoms with Crippen LogP contribution >= 0.6 is 22.9 Å². The molecular formula is C20H19ClN6O2S. The van der Waals surface area contributed by atoms with E-state index < -0.39 is 0 Å². The van der Waals surface area contributed by atoms with Gasteiger partial charge in [-0.25, -0.2) is 14.8 Å². The van der Waals surface area contributed by atoms with E-state index in [0.29, 0.717) is 47.0 Å². The molecule has 4 heterocycles. The van der Waals surface area contributed by atoms with E-state index in [9.17, 15) is 9.59 Å². The topological polar surface area (TPSA) is 91.3 Å². The number of nitrogens with one attached hydrogen (secondary N) is 1. The van der Waals surface area contributed by atoms with Crippen LogP contribution in [0.5, 0.6) is 0 Å². The van der Waals surface area contributed by atoms with E-state index in [2.05, 4.69) is 20.3 Å². The Kier molecular flexibility index (Phi) is 5.91. The van der Waals surface area contributed by atoms with Crippen molar-refractivity contribution in [3.05, 3.63) is 69.7 Å². The second-order valence-corrected chi connectivity index (χ2v) is 8.12. The first-order chi connectivity index (χ1) is 14.5. The van der Waals surface area contributed by atoms with Crippen LogP contribution in [-0.4, -0.2) is 44.9 Å². The van der Waals surface area contributed by atoms with Crippen molar-refractivity contribution in [1.82, 2.24) is 25.2 Å². The lowest BCUT2D eigenvalue weighted by Crippen LogP contribution is -2.31. The summed E-state index contributed by atoms with van der Waals surface area (Å²) in [5.74, 6) is -0.224. The van der Waals surface area contributed by atoms with Gasteiger partial charge in [-0.05, 0) is 30.7 Å². The lowest BCUT2D eigenvalue weighted by molar-refractivity contribution is 0.0953. The van der Waals surface area contributed by atoms with Crippen LogP contribution in [0.1, 0.15) is 26.6 Å². The highest BCUT2D eigenvalue weighted by atomic mass is 35.5. The molecule has 0 radical (unpaired) electrons. The van der Waals surface area contributed by atoms with Crippen molar-refractivity contribution < 1.29 is 9.59 Å². The largest absolute Gasteiger partial charge is 0.346 e. The van der Waals surface area contributed by atoms with Gasteiger partial charge in [-0.1, -0.05) is 35.1 Å². The first kappa shape index (κ1) is 20.2. The van der Waals surface area contributed by atoms with E-state index in [4.69, 9.17) is 11.6 Å². The maximum Gasteiger partial charge on any atom is 0.326 e. The highest BCUT2D eigenvalue weighted by Crippen LogP contribution is 2.29. The molecule has 3 aromatic rings. The van der Waals surface area contributed by atoms with Gasteiger partial charge in [0.25, 0.3) is 5.91 Å². The number of thiazole rings is 1. The minimum atomic E-state index is -0.224. The summed E-state index contributed by atoms with van der Waals surface area (Å²) >= 11 is 7.04. The molecule has 0 aliphatic carbocycles. The lowest BCUT2D eigenvalue weighted by Gasteiger charge is -2.16. The zero-order valence-corrected chi connectivity index (χ0v) is 17.8. The Morgan fingerprint density at radius 1 is 1.23 bits per heavy atom. The first-order valence-electron chi connectivity index (χ1n) is 9.33. The summed E-state index contributed by atoms with van der Waals surface area (Å²) in [5, 5.41) is 3.80. The molecule has 1 fully saturated rings. The van der Waals surface area contributed by atoms with Crippen molar-refractivity contribution in [2.45, 2.75) is 20.0 Å². The highest BCUT2D eigenvalue weighted by molar-refractivity contribution is 7.17. The predicted octanol–water partition coefficient (Wildman–Crippen LogP) is 3.27. The molecule has 0 aromatic carbocycles. The molecule has 154 valence electrons. The molecule has 1 aliphatic heterocycles. The Hall–Kier alpha value is -3.04. The maximum absolute atomic E-state index is 12.8. The van der Waals surface area contributed by atoms with Gasteiger partial charge in [0.1, 0.15) is 10.0 Å². The minimum absolute atomic E-state index is 0.140. The molecule has 0 atom stereocenters. The second kappa shape index (κ2) is 8.76. The monoisotopic (exact) mass is 442 g/mol. The zero-order valence-electron chi connectivity index (χ0n) is 16.2. The van der Waals surface area contributed by atoms with Crippen LogP contribution in [0.25, 0.3) is 0 Å². The summed E-state index contributed by atoms with van der Waals surface area (Å²) in [6, 6.07) is 8.95. The Morgan fingerprint density at radius 2 is 2.10 bits per heavy atom. The molecule has 0 bridgehead atoms. The predicted molar refractivity (Wildman–Crippen MR) is 115 cm³/mol. The molecule has 1 N–H and O–H groups in total. The van der Waals surface area contributed by atoms with Crippen molar-refractivity contribution in [2.75, 3.05) is 18.0 Å². The van der Waals surface area contributed by atoms with Gasteiger partial charge in [0.2, 0.25) is 0 Å². The summed E-state index contributed by atoms with van der Waals surface area (Å²) in [4.78, 5) is 42.0. The lowest BCUT2D eigenvalue weighted by atomic mass is 10.3. The molecule has 3 amide bonds. The van der Waals surface area contributed by atoms with Crippen molar-refractivity contribution in [3.63, 3.8) is 0 Å². The van der Waals surface area contributed by atoms with E-state index in [0.717, 1.165) is 11.3 Å². The number of urea groups is 1. The fraction of sp³-hybridized carbons (Fsp3) is 0.250. The number of carbonyl (C=O) groups excluding carboxylic acids is 2. The van der Waals surface area contributed by atoms with E-state index in [1.165, 1.54) is 11.3 Å². The molecule has 0 spiro atoms. The number of aryl methyl sites for hydroxylation is 1. The van der Waals surface area contributed by atoms with Crippen LogP contribution in [0.15, 0.2) is 42.7 Å². The Labute approximate surface area is 182 Å². The third kappa shape index (κ3) is 4.42. The van der Waals surface area contributed by atoms with Gasteiger partial charge < -0.3 is 10.2 Å². The number of carbonyl (C=O) groups is 2. The molecule has 1 saturated heterocycles. The van der Waals surface area contributed by atoms with Crippen LogP contribution in [0.4, 0.5) is 9.93 Å². The van der Waals surface area contributed by atoms with Gasteiger partial charge in [0, 0.05) is 32.0 Å². The maximum atomic E-state index is 12.8. The van der Waals surface area contributed by atoms with Crippen LogP contribution in [0.2, 0.25) is 5.15 Å². The van der Waals surface area contributed by atoms with Crippen molar-refractivity contribution in [2.24, 2.45) is 0 Å². The van der Waals surface area contributed by atoms with Gasteiger partial charge in [0.15, 0.2) is 5.13 Å². The minimum Gasteiger partial charge on any atom is -0.346 e. The Morgan fingerprint density at radius 3 is 2.83 bits per heavy atom. The third-order valence-electron chi connectivity index (χ3n) is 4.64. The van der Waals surface area contributed by atoms with Gasteiger partial charge in [-0.2, -0.15) is 0 Å². The van der Waals surface area contributed by atoms with Crippen LogP contribution in [0, 0.1) is 6.92 Å². The third-order valence-corrected chi connectivity index (χ3v) is 6.04. The number of hydrogen-bond acceptors (Lipinski definition) is 6. The Bertz CT molecular complexity index is 1060. The summed E-state index contributed by atoms with van der Waals surface area (Å²) in [5.41, 5.74) is 2.27. The zero-order chi connectivity index (χ0) is 21.1. The van der Waals surface area contributed by atoms with E-state index in [-0.39, 0.29) is 11.9 Å². The number of rotatable bonds is 6. The summed E-state index contributed by atoms with van der Waals surface area (Å²) in [6.07, 6.45) is 3.35. The molecule has 10 heteroatoms. The average molecular weight is 443 g/mol. The molecule has 0 unspecified atom stereocenters. The first-order valence-corrected chi connectivity index (χ1v) is 10.5. The smallest absolute Gasteiger partial charge is 0.326 e. The molecule has 8 nitrogen and oxygen atoms in total. The molecule has 3 aromatic heterocycles. The second-order valence-electron chi connectivity index (χ2n) is 6.76. The fourth-order valence-electron chi connectivity index (χ4n) is 3.09. The number of pyridine rings is 2. The SMILES string of the molecule is Cc1nc(N2CCN(Cc3ccc(Cl)nc3)C2=O)sc1C(=O)NCc1ccccn1.